The third-order valence-corrected chi connectivity index (χ3v) is 27.9. The molecule has 0 bridgehead atoms. The maximum atomic E-state index is 12.5. The number of H-pyrrole nitrogens is 5. The molecule has 19 nitrogen and oxygen atoms in total. The van der Waals surface area contributed by atoms with E-state index in [1.807, 2.05) is 131 Å². The maximum Gasteiger partial charge on any atom is 0.355 e. The van der Waals surface area contributed by atoms with Gasteiger partial charge in [-0.3, -0.25) is 38.4 Å². The van der Waals surface area contributed by atoms with Gasteiger partial charge in [-0.2, -0.15) is 0 Å². The number of carbonyl (C=O) groups excluding carboxylic acids is 9. The number of aliphatic hydroxyl groups is 2. The van der Waals surface area contributed by atoms with Gasteiger partial charge in [-0.15, -0.1) is 22.7 Å². The fraction of sp³-hybridized carbons (Fsp3) is 0.396. The molecule has 6 unspecified atom stereocenters. The number of benzene rings is 4. The molecule has 642 valence electrons. The molecule has 8 N–H and O–H groups in total. The second kappa shape index (κ2) is 38.7. The normalized spacial score (nSPS) is 18.6. The van der Waals surface area contributed by atoms with Crippen molar-refractivity contribution in [2.75, 3.05) is 6.61 Å². The van der Waals surface area contributed by atoms with E-state index >= 15 is 0 Å². The summed E-state index contributed by atoms with van der Waals surface area (Å²) in [5, 5.41) is 30.1. The molecule has 0 amide bonds. The number of hydrogen-bond donors (Lipinski definition) is 8. The van der Waals surface area contributed by atoms with Crippen molar-refractivity contribution in [3.05, 3.63) is 276 Å². The minimum absolute atomic E-state index is 0.00706. The van der Waals surface area contributed by atoms with Gasteiger partial charge in [0.15, 0.2) is 46.3 Å². The van der Waals surface area contributed by atoms with E-state index < -0.39 is 6.10 Å². The average Bonchev–Trinajstić information content (AvgIpc) is 1.63. The van der Waals surface area contributed by atoms with Crippen LogP contribution in [-0.2, 0) is 49.8 Å². The summed E-state index contributed by atoms with van der Waals surface area (Å²) in [6.45, 7) is 19.8. The largest absolute Gasteiger partial charge is 0.458 e. The summed E-state index contributed by atoms with van der Waals surface area (Å²) in [7, 11) is 0. The first-order valence-electron chi connectivity index (χ1n) is 43.4. The van der Waals surface area contributed by atoms with Crippen LogP contribution in [0, 0.1) is 41.5 Å². The van der Waals surface area contributed by atoms with Crippen molar-refractivity contribution in [2.45, 2.75) is 253 Å². The van der Waals surface area contributed by atoms with E-state index in [1.165, 1.54) is 110 Å². The lowest BCUT2D eigenvalue weighted by Gasteiger charge is -2.31. The van der Waals surface area contributed by atoms with Gasteiger partial charge in [-0.05, 0) is 236 Å². The van der Waals surface area contributed by atoms with Gasteiger partial charge >= 0.3 is 5.97 Å². The molecule has 12 aromatic rings. The monoisotopic (exact) mass is 1710 g/mol. The van der Waals surface area contributed by atoms with Crippen LogP contribution >= 0.6 is 34.3 Å². The smallest absolute Gasteiger partial charge is 0.355 e. The highest BCUT2D eigenvalue weighted by Crippen LogP contribution is 2.43. The molecule has 19 rings (SSSR count). The number of rotatable bonds is 14. The Labute approximate surface area is 731 Å². The lowest BCUT2D eigenvalue weighted by molar-refractivity contribution is 0.0369. The van der Waals surface area contributed by atoms with Gasteiger partial charge < -0.3 is 49.8 Å². The van der Waals surface area contributed by atoms with Crippen LogP contribution in [0.1, 0.15) is 336 Å². The van der Waals surface area contributed by atoms with Crippen molar-refractivity contribution in [1.82, 2.24) is 34.8 Å². The van der Waals surface area contributed by atoms with E-state index in [4.69, 9.17) is 21.4 Å². The second-order valence-electron chi connectivity index (χ2n) is 34.7. The standard InChI is InChI=1S/C19H26N2.C17H16ClNO2.C17H19NO3S.C17H17NO2.C16H19NO3.C15H15NO2S/c1-13-10-11-17-16(12-13)15-8-5-9-18(19(15)21-17)20-14-6-3-2-4-7-14;1-9-16-14(19-17(9)10(2)20)7-11(8-15(16)21)12-5-3-4-6-13(12)18;1-9(2)21-17(20)16-10(3)15-12(18-16)7-11(8-13(15)19)14-5-4-6-22-14;1-10-16-14(18-17(10)11(2)19)8-13(9-15(16)20)12-6-4-3-5-7-12;1-10-5-6-14-13(7-10)12-3-2-4-15(20)16(12)17(14)8-11(19)9-18;1-8-14-11(16-15(8)9(2)17)6-10(7-12(14)18)13-4-3-5-19-13/h10-12,14,18,20-21H,2-9H2,1H3;3-6,11,19H,7-8H2,1-2H3;4-6,9,11,18H,7-8H2,1-3H3;3-7,13,18H,8-9H2,1-2H3;5-7,11,18-19H,2-4,8-9H2,1H3;3-5,10,16H,6-7H2,1-2H3. The van der Waals surface area contributed by atoms with Crippen molar-refractivity contribution < 1.29 is 58.1 Å². The first-order valence-corrected chi connectivity index (χ1v) is 45.6. The molecular formula is C101H112ClN7O12S2. The molecular weight excluding hydrogens is 1600 g/mol. The lowest BCUT2D eigenvalue weighted by Crippen LogP contribution is -2.36. The molecule has 1 saturated carbocycles. The summed E-state index contributed by atoms with van der Waals surface area (Å²) in [5.74, 6) is 0.905. The SMILES string of the molecule is CC(=O)c1[nH]c2c(c1C)C(=O)CC(c1ccccc1)C2.CC(=O)c1[nH]c2c(c1C)C(=O)CC(c1ccccc1Cl)C2.CC(=O)c1[nH]c2c(c1C)C(=O)CC(c1cccs1)C2.Cc1c(C(=O)OC(C)C)[nH]c2c1C(=O)CC(c1cccs1)C2.Cc1ccc2[nH]c3c(c2c1)CCCC3NC1CCCCC1.Cc1ccc2c(c1)c1c(n2CC(O)CO)C(=O)CCC1. The summed E-state index contributed by atoms with van der Waals surface area (Å²) in [5.41, 5.74) is 23.6. The number of halogens is 1. The highest BCUT2D eigenvalue weighted by molar-refractivity contribution is 7.10. The number of esters is 1. The Hall–Kier alpha value is -10.5. The fourth-order valence-electron chi connectivity index (χ4n) is 19.7. The fourth-order valence-corrected chi connectivity index (χ4v) is 21.7. The summed E-state index contributed by atoms with van der Waals surface area (Å²) in [4.78, 5) is 128. The third kappa shape index (κ3) is 19.4. The Morgan fingerprint density at radius 3 is 1.50 bits per heavy atom. The predicted octanol–water partition coefficient (Wildman–Crippen LogP) is 21.5. The summed E-state index contributed by atoms with van der Waals surface area (Å²) in [6, 6.07) is 40.1. The van der Waals surface area contributed by atoms with Crippen LogP contribution in [0.4, 0.5) is 0 Å². The second-order valence-corrected chi connectivity index (χ2v) is 37.1. The van der Waals surface area contributed by atoms with Crippen LogP contribution in [0.15, 0.2) is 126 Å². The van der Waals surface area contributed by atoms with E-state index in [0.29, 0.717) is 83.5 Å². The Morgan fingerprint density at radius 2 is 0.984 bits per heavy atom. The Kier molecular flexibility index (Phi) is 27.9. The number of hydrogen-bond acceptors (Lipinski definition) is 15. The number of nitrogens with zero attached hydrogens (tertiary/aromatic N) is 1. The molecule has 7 aliphatic carbocycles. The number of aromatic amines is 5. The first kappa shape index (κ1) is 88.8. The van der Waals surface area contributed by atoms with E-state index in [1.54, 1.807) is 28.2 Å². The summed E-state index contributed by atoms with van der Waals surface area (Å²) in [6.07, 6.45) is 17.2. The number of ketones is 8. The minimum Gasteiger partial charge on any atom is -0.458 e. The van der Waals surface area contributed by atoms with Crippen LogP contribution in [0.2, 0.25) is 5.02 Å². The molecule has 7 aliphatic rings. The van der Waals surface area contributed by atoms with E-state index in [-0.39, 0.29) is 95.2 Å². The highest BCUT2D eigenvalue weighted by atomic mass is 35.5. The van der Waals surface area contributed by atoms with E-state index in [2.05, 4.69) is 85.7 Å². The molecule has 0 radical (unpaired) electrons. The van der Waals surface area contributed by atoms with Crippen molar-refractivity contribution in [2.24, 2.45) is 0 Å². The highest BCUT2D eigenvalue weighted by Gasteiger charge is 2.38. The molecule has 0 saturated heterocycles. The van der Waals surface area contributed by atoms with Gasteiger partial charge in [0.1, 0.15) is 5.69 Å². The first-order chi connectivity index (χ1) is 59.0. The molecule has 8 heterocycles. The summed E-state index contributed by atoms with van der Waals surface area (Å²) < 4.78 is 7.13. The number of nitrogens with one attached hydrogen (secondary N) is 6. The van der Waals surface area contributed by atoms with Crippen LogP contribution in [-0.4, -0.2) is 117 Å². The van der Waals surface area contributed by atoms with Crippen LogP contribution in [0.5, 0.6) is 0 Å². The van der Waals surface area contributed by atoms with Gasteiger partial charge in [0, 0.05) is 164 Å². The van der Waals surface area contributed by atoms with Crippen LogP contribution in [0.25, 0.3) is 21.8 Å². The summed E-state index contributed by atoms with van der Waals surface area (Å²) >= 11 is 9.61. The molecule has 123 heavy (non-hydrogen) atoms. The van der Waals surface area contributed by atoms with Gasteiger partial charge in [0.25, 0.3) is 0 Å². The van der Waals surface area contributed by atoms with Crippen molar-refractivity contribution in [3.8, 4) is 0 Å². The molecule has 22 heteroatoms. The zero-order valence-corrected chi connectivity index (χ0v) is 74.6. The number of Topliss-reactive ketones (excluding diaryl/α,β-unsaturated/α-hetero) is 8. The number of aryl methyl sites for hydroxylation is 4. The average molecular weight is 1720 g/mol. The third-order valence-electron chi connectivity index (χ3n) is 25.5. The van der Waals surface area contributed by atoms with Gasteiger partial charge in [0.2, 0.25) is 0 Å². The number of thiophene rings is 2. The molecule has 6 atom stereocenters. The molecule has 8 aromatic heterocycles. The predicted molar refractivity (Wildman–Crippen MR) is 487 cm³/mol. The Bertz CT molecular complexity index is 5980. The van der Waals surface area contributed by atoms with Gasteiger partial charge in [0.05, 0.1) is 48.1 Å². The Balaban J connectivity index is 0.000000120. The van der Waals surface area contributed by atoms with E-state index in [9.17, 15) is 48.3 Å². The van der Waals surface area contributed by atoms with Crippen molar-refractivity contribution >= 4 is 108 Å². The van der Waals surface area contributed by atoms with Gasteiger partial charge in [-0.1, -0.05) is 115 Å². The molecule has 0 spiro atoms. The van der Waals surface area contributed by atoms with Crippen molar-refractivity contribution in [3.63, 3.8) is 0 Å². The lowest BCUT2D eigenvalue weighted by atomic mass is 9.81. The molecule has 4 aromatic carbocycles. The minimum atomic E-state index is -0.842. The number of aromatic nitrogens is 6. The zero-order valence-electron chi connectivity index (χ0n) is 72.2. The quantitative estimate of drug-likeness (QED) is 0.0371. The number of ether oxygens (including phenoxy) is 1. The molecule has 0 aliphatic heterocycles. The van der Waals surface area contributed by atoms with Crippen LogP contribution in [0.3, 0.4) is 0 Å². The number of aliphatic hydroxyl groups excluding tert-OH is 2. The number of carbonyl (C=O) groups is 9. The zero-order chi connectivity index (χ0) is 87.4. The maximum absolute atomic E-state index is 12.5. The topological polar surface area (TPSA) is 299 Å². The number of fused-ring (bicyclic) bond motifs is 10. The molecule has 1 fully saturated rings. The van der Waals surface area contributed by atoms with Gasteiger partial charge in [-0.25, -0.2) is 4.79 Å². The van der Waals surface area contributed by atoms with E-state index in [0.717, 1.165) is 128 Å². The Morgan fingerprint density at radius 1 is 0.504 bits per heavy atom. The van der Waals surface area contributed by atoms with Crippen molar-refractivity contribution in [1.29, 1.82) is 0 Å². The van der Waals surface area contributed by atoms with Crippen LogP contribution < -0.4 is 5.32 Å².